The summed E-state index contributed by atoms with van der Waals surface area (Å²) in [5, 5.41) is 2.73. The van der Waals surface area contributed by atoms with Crippen molar-refractivity contribution in [1.82, 2.24) is 9.62 Å². The molecule has 1 aromatic rings. The van der Waals surface area contributed by atoms with Crippen LogP contribution >= 0.6 is 0 Å². The topological polar surface area (TPSA) is 92.8 Å². The van der Waals surface area contributed by atoms with E-state index >= 15 is 0 Å². The number of esters is 1. The van der Waals surface area contributed by atoms with E-state index in [4.69, 9.17) is 4.74 Å². The highest BCUT2D eigenvalue weighted by Gasteiger charge is 2.32. The van der Waals surface area contributed by atoms with Crippen LogP contribution in [0.25, 0.3) is 0 Å². The van der Waals surface area contributed by atoms with Crippen molar-refractivity contribution in [2.75, 3.05) is 19.7 Å². The maximum absolute atomic E-state index is 13.0. The van der Waals surface area contributed by atoms with Gasteiger partial charge in [-0.15, -0.1) is 0 Å². The number of ether oxygens (including phenoxy) is 1. The van der Waals surface area contributed by atoms with E-state index < -0.39 is 16.0 Å². The first-order valence-corrected chi connectivity index (χ1v) is 10.8. The van der Waals surface area contributed by atoms with Gasteiger partial charge < -0.3 is 10.1 Å². The van der Waals surface area contributed by atoms with E-state index in [-0.39, 0.29) is 29.0 Å². The van der Waals surface area contributed by atoms with Gasteiger partial charge in [-0.05, 0) is 49.3 Å². The van der Waals surface area contributed by atoms with Crippen molar-refractivity contribution in [3.63, 3.8) is 0 Å². The minimum atomic E-state index is -3.68. The molecule has 1 heterocycles. The molecule has 27 heavy (non-hydrogen) atoms. The Labute approximate surface area is 160 Å². The van der Waals surface area contributed by atoms with Crippen LogP contribution in [-0.4, -0.2) is 50.3 Å². The number of nitrogens with zero attached hydrogens (tertiary/aromatic N) is 1. The third kappa shape index (κ3) is 5.07. The summed E-state index contributed by atoms with van der Waals surface area (Å²) in [5.41, 5.74) is 0.119. The molecule has 1 aromatic carbocycles. The van der Waals surface area contributed by atoms with Crippen LogP contribution in [0.5, 0.6) is 0 Å². The highest BCUT2D eigenvalue weighted by Crippen LogP contribution is 2.27. The third-order valence-electron chi connectivity index (χ3n) is 4.82. The second-order valence-electron chi connectivity index (χ2n) is 7.71. The SMILES string of the molecule is CC1CC(C)CN(S(=O)(=O)c2cccc(C(=O)OCC(=O)NC3CC3)c2)C1. The molecule has 0 spiro atoms. The maximum Gasteiger partial charge on any atom is 0.338 e. The summed E-state index contributed by atoms with van der Waals surface area (Å²) in [6, 6.07) is 6.00. The quantitative estimate of drug-likeness (QED) is 0.743. The first-order valence-electron chi connectivity index (χ1n) is 9.32. The fraction of sp³-hybridized carbons (Fsp3) is 0.579. The number of piperidine rings is 1. The van der Waals surface area contributed by atoms with E-state index in [0.29, 0.717) is 24.9 Å². The molecule has 2 atom stereocenters. The van der Waals surface area contributed by atoms with Crippen LogP contribution in [0.15, 0.2) is 29.2 Å². The van der Waals surface area contributed by atoms with Gasteiger partial charge in [-0.1, -0.05) is 19.9 Å². The molecule has 1 saturated heterocycles. The molecule has 2 unspecified atom stereocenters. The first kappa shape index (κ1) is 19.8. The number of carbonyl (C=O) groups excluding carboxylic acids is 2. The van der Waals surface area contributed by atoms with Gasteiger partial charge in [0.05, 0.1) is 10.5 Å². The molecule has 7 nitrogen and oxygen atoms in total. The lowest BCUT2D eigenvalue weighted by molar-refractivity contribution is -0.124. The Kier molecular flexibility index (Phi) is 5.86. The summed E-state index contributed by atoms with van der Waals surface area (Å²) in [6.45, 7) is 4.66. The zero-order valence-corrected chi connectivity index (χ0v) is 16.5. The van der Waals surface area contributed by atoms with Crippen LogP contribution in [0.4, 0.5) is 0 Å². The summed E-state index contributed by atoms with van der Waals surface area (Å²) < 4.78 is 32.4. The van der Waals surface area contributed by atoms with Crippen molar-refractivity contribution >= 4 is 21.9 Å². The van der Waals surface area contributed by atoms with Gasteiger partial charge >= 0.3 is 5.97 Å². The van der Waals surface area contributed by atoms with Crippen molar-refractivity contribution in [3.05, 3.63) is 29.8 Å². The Hall–Kier alpha value is -1.93. The minimum Gasteiger partial charge on any atom is -0.452 e. The monoisotopic (exact) mass is 394 g/mol. The average molecular weight is 394 g/mol. The van der Waals surface area contributed by atoms with Gasteiger partial charge in [0.15, 0.2) is 6.61 Å². The molecule has 148 valence electrons. The molecule has 0 aromatic heterocycles. The predicted octanol–water partition coefficient (Wildman–Crippen LogP) is 1.79. The molecule has 3 rings (SSSR count). The Morgan fingerprint density at radius 3 is 2.48 bits per heavy atom. The van der Waals surface area contributed by atoms with Crippen LogP contribution in [0.3, 0.4) is 0 Å². The Balaban J connectivity index is 1.68. The number of rotatable bonds is 6. The highest BCUT2D eigenvalue weighted by molar-refractivity contribution is 7.89. The van der Waals surface area contributed by atoms with Crippen LogP contribution in [0.1, 0.15) is 43.5 Å². The third-order valence-corrected chi connectivity index (χ3v) is 6.65. The largest absolute Gasteiger partial charge is 0.452 e. The number of hydrogen-bond donors (Lipinski definition) is 1. The van der Waals surface area contributed by atoms with Crippen molar-refractivity contribution in [2.24, 2.45) is 11.8 Å². The molecule has 0 radical (unpaired) electrons. The van der Waals surface area contributed by atoms with Crippen molar-refractivity contribution in [1.29, 1.82) is 0 Å². The minimum absolute atomic E-state index is 0.0701. The summed E-state index contributed by atoms with van der Waals surface area (Å²) in [7, 11) is -3.68. The predicted molar refractivity (Wildman–Crippen MR) is 99.6 cm³/mol. The molecular weight excluding hydrogens is 368 g/mol. The lowest BCUT2D eigenvalue weighted by Crippen LogP contribution is -2.42. The number of hydrogen-bond acceptors (Lipinski definition) is 5. The summed E-state index contributed by atoms with van der Waals surface area (Å²) in [5.74, 6) is -0.465. The molecule has 0 bridgehead atoms. The van der Waals surface area contributed by atoms with E-state index in [0.717, 1.165) is 19.3 Å². The van der Waals surface area contributed by atoms with Crippen LogP contribution in [0, 0.1) is 11.8 Å². The molecule has 1 saturated carbocycles. The molecule has 1 aliphatic heterocycles. The van der Waals surface area contributed by atoms with Crippen LogP contribution < -0.4 is 5.32 Å². The van der Waals surface area contributed by atoms with Crippen molar-refractivity contribution in [2.45, 2.75) is 44.0 Å². The molecule has 1 amide bonds. The lowest BCUT2D eigenvalue weighted by Gasteiger charge is -2.34. The van der Waals surface area contributed by atoms with Gasteiger partial charge in [0.2, 0.25) is 10.0 Å². The van der Waals surface area contributed by atoms with E-state index in [1.807, 2.05) is 13.8 Å². The molecule has 2 aliphatic rings. The van der Waals surface area contributed by atoms with E-state index in [1.165, 1.54) is 28.6 Å². The van der Waals surface area contributed by atoms with Crippen LogP contribution in [0.2, 0.25) is 0 Å². The van der Waals surface area contributed by atoms with Gasteiger partial charge in [0.25, 0.3) is 5.91 Å². The second kappa shape index (κ2) is 7.98. The zero-order valence-electron chi connectivity index (χ0n) is 15.7. The molecule has 1 aliphatic carbocycles. The Morgan fingerprint density at radius 2 is 1.85 bits per heavy atom. The summed E-state index contributed by atoms with van der Waals surface area (Å²) in [6.07, 6.45) is 2.90. The number of carbonyl (C=O) groups is 2. The highest BCUT2D eigenvalue weighted by atomic mass is 32.2. The van der Waals surface area contributed by atoms with Gasteiger partial charge in [-0.3, -0.25) is 4.79 Å². The normalized spacial score (nSPS) is 23.6. The number of benzene rings is 1. The summed E-state index contributed by atoms with van der Waals surface area (Å²) >= 11 is 0. The molecular formula is C19H26N2O5S. The number of sulfonamides is 1. The van der Waals surface area contributed by atoms with E-state index in [1.54, 1.807) is 0 Å². The zero-order chi connectivity index (χ0) is 19.6. The van der Waals surface area contributed by atoms with Gasteiger partial charge in [-0.2, -0.15) is 4.31 Å². The standard InChI is InChI=1S/C19H26N2O5S/c1-13-8-14(2)11-21(10-13)27(24,25)17-5-3-4-15(9-17)19(23)26-12-18(22)20-16-6-7-16/h3-5,9,13-14,16H,6-8,10-12H2,1-2H3,(H,20,22). The molecule has 8 heteroatoms. The van der Waals surface area contributed by atoms with Crippen molar-refractivity contribution < 1.29 is 22.7 Å². The molecule has 1 N–H and O–H groups in total. The molecule has 2 fully saturated rings. The number of nitrogens with one attached hydrogen (secondary N) is 1. The van der Waals surface area contributed by atoms with E-state index in [9.17, 15) is 18.0 Å². The number of amides is 1. The fourth-order valence-corrected chi connectivity index (χ4v) is 5.17. The Morgan fingerprint density at radius 1 is 1.19 bits per heavy atom. The van der Waals surface area contributed by atoms with Gasteiger partial charge in [0.1, 0.15) is 0 Å². The van der Waals surface area contributed by atoms with Crippen molar-refractivity contribution in [3.8, 4) is 0 Å². The fourth-order valence-electron chi connectivity index (χ4n) is 3.45. The van der Waals surface area contributed by atoms with Gasteiger partial charge in [0, 0.05) is 19.1 Å². The summed E-state index contributed by atoms with van der Waals surface area (Å²) in [4.78, 5) is 23.9. The van der Waals surface area contributed by atoms with Crippen LogP contribution in [-0.2, 0) is 19.6 Å². The van der Waals surface area contributed by atoms with E-state index in [2.05, 4.69) is 5.32 Å². The maximum atomic E-state index is 13.0. The smallest absolute Gasteiger partial charge is 0.338 e. The Bertz CT molecular complexity index is 809. The van der Waals surface area contributed by atoms with Gasteiger partial charge in [-0.25, -0.2) is 13.2 Å². The first-order chi connectivity index (χ1) is 12.8. The second-order valence-corrected chi connectivity index (χ2v) is 9.65. The lowest BCUT2D eigenvalue weighted by atomic mass is 9.94. The average Bonchev–Trinajstić information content (AvgIpc) is 3.43.